The predicted molar refractivity (Wildman–Crippen MR) is 112 cm³/mol. The summed E-state index contributed by atoms with van der Waals surface area (Å²) in [5.41, 5.74) is 10.6. The molecule has 0 saturated carbocycles. The highest BCUT2D eigenvalue weighted by Gasteiger charge is 2.48. The van der Waals surface area contributed by atoms with Gasteiger partial charge in [-0.3, -0.25) is 14.5 Å². The molecule has 0 fully saturated rings. The lowest BCUT2D eigenvalue weighted by Gasteiger charge is -2.35. The first kappa shape index (κ1) is 18.2. The van der Waals surface area contributed by atoms with Crippen LogP contribution < -0.4 is 10.5 Å². The fraction of sp³-hybridized carbons (Fsp3) is 0.391. The van der Waals surface area contributed by atoms with Gasteiger partial charge in [-0.2, -0.15) is 0 Å². The lowest BCUT2D eigenvalue weighted by Crippen LogP contribution is -2.57. The van der Waals surface area contributed by atoms with Crippen molar-refractivity contribution in [2.24, 2.45) is 5.73 Å². The highest BCUT2D eigenvalue weighted by atomic mass is 16.5. The van der Waals surface area contributed by atoms with Gasteiger partial charge >= 0.3 is 0 Å². The van der Waals surface area contributed by atoms with Gasteiger partial charge in [0.25, 0.3) is 11.8 Å². The maximum absolute atomic E-state index is 13.7. The van der Waals surface area contributed by atoms with Gasteiger partial charge in [0, 0.05) is 5.39 Å². The second-order valence-corrected chi connectivity index (χ2v) is 8.07. The minimum atomic E-state index is -0.985. The fourth-order valence-corrected chi connectivity index (χ4v) is 5.17. The summed E-state index contributed by atoms with van der Waals surface area (Å²) in [6.07, 6.45) is 3.70. The average molecular weight is 391 g/mol. The van der Waals surface area contributed by atoms with E-state index in [1.165, 1.54) is 4.90 Å². The van der Waals surface area contributed by atoms with Gasteiger partial charge in [-0.15, -0.1) is 0 Å². The molecule has 0 spiro atoms. The number of amides is 2. The van der Waals surface area contributed by atoms with Crippen molar-refractivity contribution >= 4 is 33.6 Å². The molecule has 2 heterocycles. The number of methoxy groups -OCH3 is 1. The number of hydrogen-bond donors (Lipinski definition) is 2. The zero-order chi connectivity index (χ0) is 20.5. The smallest absolute Gasteiger partial charge is 0.263 e. The van der Waals surface area contributed by atoms with E-state index in [1.807, 2.05) is 32.0 Å². The summed E-state index contributed by atoms with van der Waals surface area (Å²) in [6, 6.07) is 5.80. The summed E-state index contributed by atoms with van der Waals surface area (Å²) < 4.78 is 5.62. The van der Waals surface area contributed by atoms with E-state index in [1.54, 1.807) is 7.11 Å². The Labute approximate surface area is 169 Å². The minimum Gasteiger partial charge on any atom is -0.496 e. The Morgan fingerprint density at radius 3 is 2.45 bits per heavy atom. The number of H-pyrrole nitrogens is 1. The lowest BCUT2D eigenvalue weighted by molar-refractivity contribution is 0.0410. The number of hydrogen-bond acceptors (Lipinski definition) is 4. The number of aryl methyl sites for hydroxylation is 1. The monoisotopic (exact) mass is 391 g/mol. The van der Waals surface area contributed by atoms with E-state index in [0.717, 1.165) is 52.2 Å². The number of carbonyl (C=O) groups excluding carboxylic acids is 2. The summed E-state index contributed by atoms with van der Waals surface area (Å²) in [5.74, 6) is 0.154. The Morgan fingerprint density at radius 2 is 1.76 bits per heavy atom. The van der Waals surface area contributed by atoms with Crippen LogP contribution >= 0.6 is 0 Å². The first-order valence-corrected chi connectivity index (χ1v) is 10.3. The molecule has 2 amide bonds. The summed E-state index contributed by atoms with van der Waals surface area (Å²) in [5, 5.41) is 1.65. The van der Waals surface area contributed by atoms with Crippen LogP contribution in [-0.2, 0) is 12.8 Å². The number of aromatic nitrogens is 1. The number of nitrogens with one attached hydrogen (secondary N) is 1. The Hall–Kier alpha value is -2.86. The summed E-state index contributed by atoms with van der Waals surface area (Å²) in [4.78, 5) is 32.1. The molecular formula is C23H25N3O3. The van der Waals surface area contributed by atoms with Gasteiger partial charge in [0.2, 0.25) is 0 Å². The fourth-order valence-electron chi connectivity index (χ4n) is 5.17. The Balaban J connectivity index is 1.94. The van der Waals surface area contributed by atoms with Gasteiger partial charge in [-0.1, -0.05) is 19.9 Å². The van der Waals surface area contributed by atoms with Crippen molar-refractivity contribution < 1.29 is 14.3 Å². The van der Waals surface area contributed by atoms with Gasteiger partial charge in [0.05, 0.1) is 40.3 Å². The van der Waals surface area contributed by atoms with Crippen molar-refractivity contribution in [1.29, 1.82) is 0 Å². The van der Waals surface area contributed by atoms with Crippen molar-refractivity contribution in [1.82, 2.24) is 9.88 Å². The van der Waals surface area contributed by atoms with Crippen LogP contribution in [0, 0.1) is 0 Å². The Kier molecular flexibility index (Phi) is 3.80. The molecular weight excluding hydrogens is 366 g/mol. The van der Waals surface area contributed by atoms with E-state index in [0.29, 0.717) is 29.7 Å². The third-order valence-electron chi connectivity index (χ3n) is 6.83. The summed E-state index contributed by atoms with van der Waals surface area (Å²) >= 11 is 0. The molecule has 3 aromatic rings. The number of rotatable bonds is 4. The molecule has 1 aromatic heterocycles. The van der Waals surface area contributed by atoms with E-state index in [9.17, 15) is 9.59 Å². The Morgan fingerprint density at radius 1 is 1.07 bits per heavy atom. The summed E-state index contributed by atoms with van der Waals surface area (Å²) in [6.45, 7) is 3.84. The Bertz CT molecular complexity index is 1200. The van der Waals surface area contributed by atoms with Crippen LogP contribution in [0.2, 0.25) is 0 Å². The SMILES string of the molecule is CCC(N)(CC)N1C(=O)c2c3c(c4[nH]c5cccc(OC)c5c4c2C1=O)CCC3. The number of imide groups is 1. The van der Waals surface area contributed by atoms with Crippen molar-refractivity contribution in [2.45, 2.75) is 51.6 Å². The molecule has 2 aliphatic rings. The lowest BCUT2D eigenvalue weighted by atomic mass is 9.93. The molecule has 1 aliphatic heterocycles. The van der Waals surface area contributed by atoms with E-state index in [-0.39, 0.29) is 11.8 Å². The predicted octanol–water partition coefficient (Wildman–Crippen LogP) is 3.89. The molecule has 0 unspecified atom stereocenters. The van der Waals surface area contributed by atoms with Crippen LogP contribution in [0.4, 0.5) is 0 Å². The second-order valence-electron chi connectivity index (χ2n) is 8.07. The number of benzene rings is 2. The highest BCUT2D eigenvalue weighted by molar-refractivity contribution is 6.32. The van der Waals surface area contributed by atoms with Crippen LogP contribution in [0.15, 0.2) is 18.2 Å². The van der Waals surface area contributed by atoms with Crippen molar-refractivity contribution in [3.05, 3.63) is 40.5 Å². The maximum atomic E-state index is 13.7. The number of nitrogens with two attached hydrogens (primary N) is 1. The van der Waals surface area contributed by atoms with Gasteiger partial charge in [0.1, 0.15) is 5.75 Å². The van der Waals surface area contributed by atoms with E-state index in [2.05, 4.69) is 4.98 Å². The van der Waals surface area contributed by atoms with Gasteiger partial charge in [-0.25, -0.2) is 0 Å². The third kappa shape index (κ3) is 2.15. The molecule has 0 saturated heterocycles. The second kappa shape index (κ2) is 6.07. The zero-order valence-electron chi connectivity index (χ0n) is 17.0. The zero-order valence-corrected chi connectivity index (χ0v) is 17.0. The van der Waals surface area contributed by atoms with Gasteiger partial charge in [-0.05, 0) is 55.4 Å². The van der Waals surface area contributed by atoms with Gasteiger partial charge in [0.15, 0.2) is 0 Å². The topological polar surface area (TPSA) is 88.4 Å². The molecule has 5 rings (SSSR count). The van der Waals surface area contributed by atoms with Crippen molar-refractivity contribution in [2.75, 3.05) is 7.11 Å². The number of aromatic amines is 1. The molecule has 1 aliphatic carbocycles. The molecule has 29 heavy (non-hydrogen) atoms. The normalized spacial score (nSPS) is 16.2. The number of fused-ring (bicyclic) bond motifs is 8. The number of nitrogens with zero attached hydrogens (tertiary/aromatic N) is 1. The van der Waals surface area contributed by atoms with Crippen LogP contribution in [0.3, 0.4) is 0 Å². The molecule has 0 atom stereocenters. The standard InChI is InChI=1S/C23H25N3O3/c1-4-23(24,5-2)26-21(27)16-12-8-6-9-13(12)20-18(19(16)22(26)28)17-14(25-20)10-7-11-15(17)29-3/h7,10-11,25H,4-6,8-9,24H2,1-3H3. The molecule has 6 heteroatoms. The van der Waals surface area contributed by atoms with Gasteiger partial charge < -0.3 is 15.5 Å². The number of carbonyl (C=O) groups is 2. The van der Waals surface area contributed by atoms with Crippen molar-refractivity contribution in [3.8, 4) is 5.75 Å². The first-order valence-electron chi connectivity index (χ1n) is 10.3. The maximum Gasteiger partial charge on any atom is 0.263 e. The quantitative estimate of drug-likeness (QED) is 0.661. The molecule has 150 valence electrons. The number of ether oxygens (including phenoxy) is 1. The minimum absolute atomic E-state index is 0.250. The highest BCUT2D eigenvalue weighted by Crippen LogP contribution is 2.46. The molecule has 3 N–H and O–H groups in total. The van der Waals surface area contributed by atoms with Crippen LogP contribution in [0.5, 0.6) is 5.75 Å². The largest absolute Gasteiger partial charge is 0.496 e. The third-order valence-corrected chi connectivity index (χ3v) is 6.83. The average Bonchev–Trinajstić information content (AvgIpc) is 3.41. The van der Waals surface area contributed by atoms with E-state index < -0.39 is 5.66 Å². The van der Waals surface area contributed by atoms with Crippen molar-refractivity contribution in [3.63, 3.8) is 0 Å². The van der Waals surface area contributed by atoms with Crippen LogP contribution in [0.1, 0.15) is 65.0 Å². The summed E-state index contributed by atoms with van der Waals surface area (Å²) in [7, 11) is 1.62. The molecule has 6 nitrogen and oxygen atoms in total. The molecule has 0 bridgehead atoms. The first-order chi connectivity index (χ1) is 14.0. The molecule has 0 radical (unpaired) electrons. The van der Waals surface area contributed by atoms with E-state index in [4.69, 9.17) is 10.5 Å². The van der Waals surface area contributed by atoms with Crippen LogP contribution in [-0.4, -0.2) is 34.5 Å². The van der Waals surface area contributed by atoms with E-state index >= 15 is 0 Å². The van der Waals surface area contributed by atoms with Crippen LogP contribution in [0.25, 0.3) is 21.8 Å². The molecule has 2 aromatic carbocycles.